The second-order valence-electron chi connectivity index (χ2n) is 4.36. The summed E-state index contributed by atoms with van der Waals surface area (Å²) < 4.78 is 0. The standard InChI is InChI=1S/C13H22N2/c1-5-7-12-11(10(2)3)8-6-9-13(12)15(4)14/h6,8-10H,5,7,14H2,1-4H3. The van der Waals surface area contributed by atoms with Crippen LogP contribution in [0.4, 0.5) is 5.69 Å². The number of anilines is 1. The third kappa shape index (κ3) is 2.72. The van der Waals surface area contributed by atoms with E-state index in [2.05, 4.69) is 39.0 Å². The molecule has 0 unspecified atom stereocenters. The monoisotopic (exact) mass is 206 g/mol. The zero-order chi connectivity index (χ0) is 11.4. The smallest absolute Gasteiger partial charge is 0.0548 e. The van der Waals surface area contributed by atoms with Crippen LogP contribution in [0.3, 0.4) is 0 Å². The highest BCUT2D eigenvalue weighted by atomic mass is 15.4. The van der Waals surface area contributed by atoms with Crippen molar-refractivity contribution in [1.29, 1.82) is 0 Å². The number of hydrogen-bond acceptors (Lipinski definition) is 2. The summed E-state index contributed by atoms with van der Waals surface area (Å²) in [5, 5.41) is 1.72. The first-order chi connectivity index (χ1) is 7.07. The van der Waals surface area contributed by atoms with E-state index in [1.165, 1.54) is 11.1 Å². The van der Waals surface area contributed by atoms with E-state index in [-0.39, 0.29) is 0 Å². The molecular formula is C13H22N2. The number of benzene rings is 1. The van der Waals surface area contributed by atoms with Crippen molar-refractivity contribution in [2.75, 3.05) is 12.1 Å². The molecule has 0 spiro atoms. The fourth-order valence-corrected chi connectivity index (χ4v) is 1.99. The third-order valence-corrected chi connectivity index (χ3v) is 2.69. The minimum absolute atomic E-state index is 0.562. The van der Waals surface area contributed by atoms with Crippen molar-refractivity contribution < 1.29 is 0 Å². The van der Waals surface area contributed by atoms with E-state index in [9.17, 15) is 0 Å². The summed E-state index contributed by atoms with van der Waals surface area (Å²) in [7, 11) is 1.90. The zero-order valence-electron chi connectivity index (χ0n) is 10.2. The van der Waals surface area contributed by atoms with E-state index >= 15 is 0 Å². The average Bonchev–Trinajstić information content (AvgIpc) is 2.17. The van der Waals surface area contributed by atoms with Crippen LogP contribution in [0.5, 0.6) is 0 Å². The van der Waals surface area contributed by atoms with Gasteiger partial charge in [-0.3, -0.25) is 0 Å². The van der Waals surface area contributed by atoms with Gasteiger partial charge in [-0.2, -0.15) is 0 Å². The van der Waals surface area contributed by atoms with Gasteiger partial charge < -0.3 is 5.01 Å². The maximum absolute atomic E-state index is 5.85. The van der Waals surface area contributed by atoms with Crippen molar-refractivity contribution in [3.05, 3.63) is 29.3 Å². The first-order valence-corrected chi connectivity index (χ1v) is 5.68. The van der Waals surface area contributed by atoms with Crippen LogP contribution in [0.2, 0.25) is 0 Å². The average molecular weight is 206 g/mol. The summed E-state index contributed by atoms with van der Waals surface area (Å²) in [6, 6.07) is 6.40. The lowest BCUT2D eigenvalue weighted by Crippen LogP contribution is -2.26. The summed E-state index contributed by atoms with van der Waals surface area (Å²) in [6.07, 6.45) is 2.26. The molecule has 0 aromatic heterocycles. The Kier molecular flexibility index (Phi) is 4.15. The van der Waals surface area contributed by atoms with Gasteiger partial charge in [0, 0.05) is 7.05 Å². The molecular weight excluding hydrogens is 184 g/mol. The normalized spacial score (nSPS) is 10.8. The highest BCUT2D eigenvalue weighted by molar-refractivity contribution is 5.56. The Balaban J connectivity index is 3.21. The van der Waals surface area contributed by atoms with Gasteiger partial charge in [-0.15, -0.1) is 0 Å². The quantitative estimate of drug-likeness (QED) is 0.606. The first-order valence-electron chi connectivity index (χ1n) is 5.68. The molecule has 2 heteroatoms. The van der Waals surface area contributed by atoms with Gasteiger partial charge in [0.15, 0.2) is 0 Å². The summed E-state index contributed by atoms with van der Waals surface area (Å²) >= 11 is 0. The maximum atomic E-state index is 5.85. The summed E-state index contributed by atoms with van der Waals surface area (Å²) in [5.74, 6) is 6.41. The van der Waals surface area contributed by atoms with Gasteiger partial charge in [-0.25, -0.2) is 5.84 Å². The van der Waals surface area contributed by atoms with E-state index in [1.54, 1.807) is 5.01 Å². The Bertz CT molecular complexity index is 290. The molecule has 1 aromatic rings. The van der Waals surface area contributed by atoms with E-state index in [1.807, 2.05) is 7.05 Å². The van der Waals surface area contributed by atoms with E-state index in [0.29, 0.717) is 5.92 Å². The number of rotatable bonds is 4. The summed E-state index contributed by atoms with van der Waals surface area (Å²) in [5.41, 5.74) is 3.98. The lowest BCUT2D eigenvalue weighted by molar-refractivity contribution is 0.814. The minimum atomic E-state index is 0.562. The van der Waals surface area contributed by atoms with Crippen LogP contribution < -0.4 is 10.9 Å². The molecule has 0 radical (unpaired) electrons. The van der Waals surface area contributed by atoms with Crippen LogP contribution in [0.15, 0.2) is 18.2 Å². The van der Waals surface area contributed by atoms with Gasteiger partial charge in [0.1, 0.15) is 0 Å². The molecule has 84 valence electrons. The molecule has 0 fully saturated rings. The molecule has 0 aliphatic heterocycles. The number of hydrogen-bond donors (Lipinski definition) is 1. The molecule has 2 N–H and O–H groups in total. The van der Waals surface area contributed by atoms with Crippen molar-refractivity contribution in [3.63, 3.8) is 0 Å². The van der Waals surface area contributed by atoms with Crippen LogP contribution in [0.25, 0.3) is 0 Å². The molecule has 0 aliphatic carbocycles. The number of nitrogens with two attached hydrogens (primary N) is 1. The van der Waals surface area contributed by atoms with E-state index in [4.69, 9.17) is 5.84 Å². The fourth-order valence-electron chi connectivity index (χ4n) is 1.99. The Hall–Kier alpha value is -1.02. The fraction of sp³-hybridized carbons (Fsp3) is 0.538. The van der Waals surface area contributed by atoms with Crippen molar-refractivity contribution >= 4 is 5.69 Å². The first kappa shape index (κ1) is 12.1. The highest BCUT2D eigenvalue weighted by Crippen LogP contribution is 2.28. The molecule has 1 rings (SSSR count). The maximum Gasteiger partial charge on any atom is 0.0548 e. The van der Waals surface area contributed by atoms with Gasteiger partial charge in [0.25, 0.3) is 0 Å². The minimum Gasteiger partial charge on any atom is -0.314 e. The predicted molar refractivity (Wildman–Crippen MR) is 67.1 cm³/mol. The number of nitrogens with zero attached hydrogens (tertiary/aromatic N) is 1. The highest BCUT2D eigenvalue weighted by Gasteiger charge is 2.11. The van der Waals surface area contributed by atoms with Crippen LogP contribution in [-0.2, 0) is 6.42 Å². The predicted octanol–water partition coefficient (Wildman–Crippen LogP) is 3.07. The molecule has 0 bridgehead atoms. The lowest BCUT2D eigenvalue weighted by atomic mass is 9.93. The van der Waals surface area contributed by atoms with Crippen LogP contribution in [-0.4, -0.2) is 7.05 Å². The van der Waals surface area contributed by atoms with Crippen molar-refractivity contribution in [1.82, 2.24) is 0 Å². The van der Waals surface area contributed by atoms with Gasteiger partial charge in [-0.05, 0) is 29.5 Å². The molecule has 15 heavy (non-hydrogen) atoms. The van der Waals surface area contributed by atoms with Crippen molar-refractivity contribution in [2.24, 2.45) is 5.84 Å². The van der Waals surface area contributed by atoms with E-state index in [0.717, 1.165) is 18.5 Å². The molecule has 0 aliphatic rings. The van der Waals surface area contributed by atoms with Crippen molar-refractivity contribution in [2.45, 2.75) is 39.5 Å². The van der Waals surface area contributed by atoms with Gasteiger partial charge in [0.05, 0.1) is 5.69 Å². The Morgan fingerprint density at radius 3 is 2.47 bits per heavy atom. The van der Waals surface area contributed by atoms with Crippen molar-refractivity contribution in [3.8, 4) is 0 Å². The molecule has 0 heterocycles. The second kappa shape index (κ2) is 5.17. The summed E-state index contributed by atoms with van der Waals surface area (Å²) in [4.78, 5) is 0. The second-order valence-corrected chi connectivity index (χ2v) is 4.36. The third-order valence-electron chi connectivity index (χ3n) is 2.69. The van der Waals surface area contributed by atoms with Crippen LogP contribution in [0.1, 0.15) is 44.2 Å². The number of hydrazine groups is 1. The van der Waals surface area contributed by atoms with Crippen LogP contribution in [0, 0.1) is 0 Å². The molecule has 0 amide bonds. The Morgan fingerprint density at radius 1 is 1.33 bits per heavy atom. The zero-order valence-corrected chi connectivity index (χ0v) is 10.2. The molecule has 1 aromatic carbocycles. The summed E-state index contributed by atoms with van der Waals surface area (Å²) in [6.45, 7) is 6.67. The Labute approximate surface area is 93.1 Å². The molecule has 0 atom stereocenters. The van der Waals surface area contributed by atoms with Gasteiger partial charge in [-0.1, -0.05) is 39.3 Å². The Morgan fingerprint density at radius 2 is 2.00 bits per heavy atom. The largest absolute Gasteiger partial charge is 0.314 e. The lowest BCUT2D eigenvalue weighted by Gasteiger charge is -2.21. The van der Waals surface area contributed by atoms with E-state index < -0.39 is 0 Å². The van der Waals surface area contributed by atoms with Gasteiger partial charge in [0.2, 0.25) is 0 Å². The molecule has 0 saturated carbocycles. The topological polar surface area (TPSA) is 29.3 Å². The molecule has 2 nitrogen and oxygen atoms in total. The SMILES string of the molecule is CCCc1c(C(C)C)cccc1N(C)N. The molecule has 0 saturated heterocycles. The van der Waals surface area contributed by atoms with Crippen LogP contribution >= 0.6 is 0 Å². The van der Waals surface area contributed by atoms with Gasteiger partial charge >= 0.3 is 0 Å².